The topological polar surface area (TPSA) is 71.3 Å². The minimum absolute atomic E-state index is 0.0986. The number of carbonyl (C=O) groups excluding carboxylic acids is 2. The van der Waals surface area contributed by atoms with E-state index in [9.17, 15) is 9.59 Å². The Hall–Kier alpha value is -3.60. The zero-order chi connectivity index (χ0) is 19.2. The quantitative estimate of drug-likeness (QED) is 0.666. The van der Waals surface area contributed by atoms with Crippen LogP contribution < -0.4 is 10.6 Å². The van der Waals surface area contributed by atoms with Crippen LogP contribution in [0.25, 0.3) is 6.08 Å². The van der Waals surface area contributed by atoms with Crippen LogP contribution >= 0.6 is 0 Å². The minimum Gasteiger partial charge on any atom is -0.465 e. The van der Waals surface area contributed by atoms with E-state index in [-0.39, 0.29) is 11.6 Å². The number of nitrogens with one attached hydrogen (secondary N) is 2. The highest BCUT2D eigenvalue weighted by atomic mass is 16.3. The summed E-state index contributed by atoms with van der Waals surface area (Å²) in [4.78, 5) is 25.5. The first-order chi connectivity index (χ1) is 13.0. The number of benzene rings is 2. The van der Waals surface area contributed by atoms with Crippen LogP contribution in [-0.2, 0) is 4.79 Å². The molecule has 2 amide bonds. The molecule has 0 spiro atoms. The molecule has 1 heterocycles. The molecule has 0 unspecified atom stereocenters. The molecule has 0 radical (unpaired) electrons. The molecule has 0 saturated heterocycles. The van der Waals surface area contributed by atoms with E-state index in [1.165, 1.54) is 12.3 Å². The lowest BCUT2D eigenvalue weighted by Crippen LogP contribution is -2.31. The second-order valence-electron chi connectivity index (χ2n) is 6.11. The molecule has 0 fully saturated rings. The van der Waals surface area contributed by atoms with Gasteiger partial charge in [0, 0.05) is 17.3 Å². The van der Waals surface area contributed by atoms with Crippen LogP contribution in [0.5, 0.6) is 0 Å². The van der Waals surface area contributed by atoms with E-state index in [1.54, 1.807) is 30.3 Å². The van der Waals surface area contributed by atoms with Crippen molar-refractivity contribution in [2.75, 3.05) is 5.32 Å². The molecule has 1 aromatic heterocycles. The van der Waals surface area contributed by atoms with Gasteiger partial charge < -0.3 is 15.1 Å². The molecular formula is C22H20N2O3. The normalized spacial score (nSPS) is 11.1. The fourth-order valence-electron chi connectivity index (χ4n) is 2.59. The summed E-state index contributed by atoms with van der Waals surface area (Å²) in [5, 5.41) is 5.53. The Labute approximate surface area is 157 Å². The largest absolute Gasteiger partial charge is 0.465 e. The first-order valence-corrected chi connectivity index (χ1v) is 8.54. The predicted octanol–water partition coefficient (Wildman–Crippen LogP) is 4.31. The molecule has 136 valence electrons. The van der Waals surface area contributed by atoms with Gasteiger partial charge in [0.05, 0.1) is 6.26 Å². The average Bonchev–Trinajstić information content (AvgIpc) is 3.16. The maximum absolute atomic E-state index is 12.8. The van der Waals surface area contributed by atoms with Gasteiger partial charge in [-0.2, -0.15) is 0 Å². The molecule has 5 heteroatoms. The van der Waals surface area contributed by atoms with Gasteiger partial charge in [-0.25, -0.2) is 0 Å². The molecule has 0 saturated carbocycles. The molecule has 2 N–H and O–H groups in total. The van der Waals surface area contributed by atoms with E-state index < -0.39 is 5.91 Å². The van der Waals surface area contributed by atoms with Gasteiger partial charge in [0.15, 0.2) is 0 Å². The molecule has 0 atom stereocenters. The van der Waals surface area contributed by atoms with Gasteiger partial charge in [0.1, 0.15) is 11.5 Å². The first-order valence-electron chi connectivity index (χ1n) is 8.54. The number of aryl methyl sites for hydroxylation is 2. The van der Waals surface area contributed by atoms with Crippen LogP contribution in [0.3, 0.4) is 0 Å². The monoisotopic (exact) mass is 360 g/mol. The summed E-state index contributed by atoms with van der Waals surface area (Å²) < 4.78 is 5.29. The SMILES string of the molecule is Cc1ccccc1NC(=O)/C(=C/c1ccco1)NC(=O)c1ccccc1C. The summed E-state index contributed by atoms with van der Waals surface area (Å²) in [6.07, 6.45) is 3.01. The molecule has 27 heavy (non-hydrogen) atoms. The molecule has 0 aliphatic rings. The van der Waals surface area contributed by atoms with Crippen LogP contribution in [-0.4, -0.2) is 11.8 Å². The van der Waals surface area contributed by atoms with Crippen molar-refractivity contribution in [1.82, 2.24) is 5.32 Å². The molecule has 0 aliphatic carbocycles. The van der Waals surface area contributed by atoms with Crippen LogP contribution in [0, 0.1) is 13.8 Å². The van der Waals surface area contributed by atoms with Crippen LogP contribution in [0.4, 0.5) is 5.69 Å². The third-order valence-electron chi connectivity index (χ3n) is 4.11. The fourth-order valence-corrected chi connectivity index (χ4v) is 2.59. The second-order valence-corrected chi connectivity index (χ2v) is 6.11. The Morgan fingerprint density at radius 3 is 2.26 bits per heavy atom. The van der Waals surface area contributed by atoms with Gasteiger partial charge in [-0.3, -0.25) is 9.59 Å². The Balaban J connectivity index is 1.88. The fraction of sp³-hybridized carbons (Fsp3) is 0.0909. The Kier molecular flexibility index (Phi) is 5.52. The summed E-state index contributed by atoms with van der Waals surface area (Å²) in [6.45, 7) is 3.75. The number of amides is 2. The summed E-state index contributed by atoms with van der Waals surface area (Å²) in [7, 11) is 0. The van der Waals surface area contributed by atoms with Crippen molar-refractivity contribution in [3.05, 3.63) is 95.1 Å². The number of hydrogen-bond acceptors (Lipinski definition) is 3. The zero-order valence-corrected chi connectivity index (χ0v) is 15.2. The number of rotatable bonds is 5. The number of para-hydroxylation sites is 1. The van der Waals surface area contributed by atoms with Crippen LogP contribution in [0.1, 0.15) is 27.2 Å². The van der Waals surface area contributed by atoms with Crippen LogP contribution in [0.15, 0.2) is 77.0 Å². The Morgan fingerprint density at radius 2 is 1.59 bits per heavy atom. The Bertz CT molecular complexity index is 988. The maximum Gasteiger partial charge on any atom is 0.272 e. The molecule has 2 aromatic carbocycles. The lowest BCUT2D eigenvalue weighted by molar-refractivity contribution is -0.113. The van der Waals surface area contributed by atoms with Crippen molar-refractivity contribution >= 4 is 23.6 Å². The third kappa shape index (κ3) is 4.52. The number of carbonyl (C=O) groups is 2. The summed E-state index contributed by atoms with van der Waals surface area (Å²) in [6, 6.07) is 18.1. The molecular weight excluding hydrogens is 340 g/mol. The number of anilines is 1. The smallest absolute Gasteiger partial charge is 0.272 e. The van der Waals surface area contributed by atoms with E-state index in [2.05, 4.69) is 10.6 Å². The molecule has 3 aromatic rings. The summed E-state index contributed by atoms with van der Waals surface area (Å²) in [5.41, 5.74) is 3.03. The van der Waals surface area contributed by atoms with Gasteiger partial charge in [-0.15, -0.1) is 0 Å². The maximum atomic E-state index is 12.8. The molecule has 5 nitrogen and oxygen atoms in total. The van der Waals surface area contributed by atoms with E-state index in [1.807, 2.05) is 44.2 Å². The summed E-state index contributed by atoms with van der Waals surface area (Å²) >= 11 is 0. The second kappa shape index (κ2) is 8.19. The van der Waals surface area contributed by atoms with E-state index in [0.717, 1.165) is 11.1 Å². The van der Waals surface area contributed by atoms with Crippen molar-refractivity contribution in [2.24, 2.45) is 0 Å². The molecule has 0 bridgehead atoms. The van der Waals surface area contributed by atoms with E-state index in [4.69, 9.17) is 4.42 Å². The van der Waals surface area contributed by atoms with Gasteiger partial charge in [0.2, 0.25) is 0 Å². The van der Waals surface area contributed by atoms with Gasteiger partial charge in [0.25, 0.3) is 11.8 Å². The van der Waals surface area contributed by atoms with Gasteiger partial charge >= 0.3 is 0 Å². The van der Waals surface area contributed by atoms with Gasteiger partial charge in [-0.05, 0) is 49.2 Å². The molecule has 0 aliphatic heterocycles. The first kappa shape index (κ1) is 18.2. The van der Waals surface area contributed by atoms with E-state index in [0.29, 0.717) is 17.0 Å². The predicted molar refractivity (Wildman–Crippen MR) is 105 cm³/mol. The highest BCUT2D eigenvalue weighted by molar-refractivity contribution is 6.11. The number of furan rings is 1. The highest BCUT2D eigenvalue weighted by Gasteiger charge is 2.17. The average molecular weight is 360 g/mol. The van der Waals surface area contributed by atoms with Crippen molar-refractivity contribution in [3.63, 3.8) is 0 Å². The summed E-state index contributed by atoms with van der Waals surface area (Å²) in [5.74, 6) is -0.316. The zero-order valence-electron chi connectivity index (χ0n) is 15.2. The van der Waals surface area contributed by atoms with E-state index >= 15 is 0 Å². The Morgan fingerprint density at radius 1 is 0.889 bits per heavy atom. The van der Waals surface area contributed by atoms with Gasteiger partial charge in [-0.1, -0.05) is 36.4 Å². The molecule has 3 rings (SSSR count). The van der Waals surface area contributed by atoms with Crippen molar-refractivity contribution < 1.29 is 14.0 Å². The third-order valence-corrected chi connectivity index (χ3v) is 4.11. The highest BCUT2D eigenvalue weighted by Crippen LogP contribution is 2.16. The lowest BCUT2D eigenvalue weighted by atomic mass is 10.1. The van der Waals surface area contributed by atoms with Crippen molar-refractivity contribution in [1.29, 1.82) is 0 Å². The lowest BCUT2D eigenvalue weighted by Gasteiger charge is -2.13. The van der Waals surface area contributed by atoms with Crippen molar-refractivity contribution in [2.45, 2.75) is 13.8 Å². The standard InChI is InChI=1S/C22H20N2O3/c1-15-8-3-5-11-18(15)21(25)24-20(14-17-10-7-13-27-17)22(26)23-19-12-6-4-9-16(19)2/h3-14H,1-2H3,(H,23,26)(H,24,25)/b20-14-. The van der Waals surface area contributed by atoms with Crippen molar-refractivity contribution in [3.8, 4) is 0 Å². The number of hydrogen-bond donors (Lipinski definition) is 2. The van der Waals surface area contributed by atoms with Crippen LogP contribution in [0.2, 0.25) is 0 Å². The minimum atomic E-state index is -0.428.